The van der Waals surface area contributed by atoms with Crippen molar-refractivity contribution in [3.8, 4) is 28.4 Å². The number of rotatable bonds is 4. The summed E-state index contributed by atoms with van der Waals surface area (Å²) in [5, 5.41) is 2.95. The SMILES string of the molecule is COc1cc2c(c(OC)c1OC)-c1ccc(N)c(=O)cc1[C@H](NC(C)=O)CC2. The number of benzene rings is 1. The molecule has 0 bridgehead atoms. The molecule has 0 aromatic heterocycles. The lowest BCUT2D eigenvalue weighted by atomic mass is 9.95. The Balaban J connectivity index is 2.41. The monoisotopic (exact) mass is 384 g/mol. The predicted molar refractivity (Wildman–Crippen MR) is 107 cm³/mol. The number of nitrogen functional groups attached to an aromatic ring is 1. The first kappa shape index (κ1) is 19.5. The van der Waals surface area contributed by atoms with Crippen molar-refractivity contribution in [2.45, 2.75) is 25.8 Å². The summed E-state index contributed by atoms with van der Waals surface area (Å²) < 4.78 is 16.7. The van der Waals surface area contributed by atoms with Gasteiger partial charge in [-0.1, -0.05) is 6.07 Å². The molecule has 0 saturated heterocycles. The van der Waals surface area contributed by atoms with E-state index in [4.69, 9.17) is 19.9 Å². The molecule has 2 aromatic rings. The van der Waals surface area contributed by atoms with Crippen molar-refractivity contribution in [2.75, 3.05) is 27.1 Å². The van der Waals surface area contributed by atoms with Gasteiger partial charge in [-0.25, -0.2) is 0 Å². The molecule has 1 aliphatic rings. The zero-order valence-corrected chi connectivity index (χ0v) is 16.4. The number of methoxy groups -OCH3 is 3. The molecule has 28 heavy (non-hydrogen) atoms. The molecule has 0 radical (unpaired) electrons. The average Bonchev–Trinajstić information content (AvgIpc) is 2.90. The van der Waals surface area contributed by atoms with Crippen LogP contribution in [0.15, 0.2) is 29.1 Å². The number of carbonyl (C=O) groups is 1. The van der Waals surface area contributed by atoms with Crippen LogP contribution in [0.25, 0.3) is 11.1 Å². The van der Waals surface area contributed by atoms with E-state index in [-0.39, 0.29) is 23.1 Å². The van der Waals surface area contributed by atoms with Crippen LogP contribution in [0.2, 0.25) is 0 Å². The number of aryl methyl sites for hydroxylation is 1. The molecule has 3 rings (SSSR count). The largest absolute Gasteiger partial charge is 0.493 e. The molecule has 1 amide bonds. The molecule has 2 aromatic carbocycles. The molecule has 3 N–H and O–H groups in total. The van der Waals surface area contributed by atoms with E-state index >= 15 is 0 Å². The Morgan fingerprint density at radius 1 is 1.11 bits per heavy atom. The number of hydrogen-bond acceptors (Lipinski definition) is 6. The lowest BCUT2D eigenvalue weighted by Gasteiger charge is -2.19. The van der Waals surface area contributed by atoms with Gasteiger partial charge in [0.25, 0.3) is 0 Å². The maximum atomic E-state index is 12.4. The van der Waals surface area contributed by atoms with Gasteiger partial charge in [-0.15, -0.1) is 0 Å². The van der Waals surface area contributed by atoms with Crippen LogP contribution in [-0.2, 0) is 11.2 Å². The second kappa shape index (κ2) is 7.80. The molecule has 7 heteroatoms. The lowest BCUT2D eigenvalue weighted by Crippen LogP contribution is -2.26. The average molecular weight is 384 g/mol. The minimum atomic E-state index is -0.332. The highest BCUT2D eigenvalue weighted by Crippen LogP contribution is 2.50. The zero-order chi connectivity index (χ0) is 20.4. The van der Waals surface area contributed by atoms with Gasteiger partial charge < -0.3 is 25.3 Å². The fraction of sp³-hybridized carbons (Fsp3) is 0.333. The Labute approximate surface area is 163 Å². The van der Waals surface area contributed by atoms with E-state index in [1.807, 2.05) is 6.07 Å². The molecular weight excluding hydrogens is 360 g/mol. The van der Waals surface area contributed by atoms with Crippen molar-refractivity contribution in [1.82, 2.24) is 5.32 Å². The number of hydrogen-bond donors (Lipinski definition) is 2. The first-order valence-corrected chi connectivity index (χ1v) is 8.94. The molecule has 0 saturated carbocycles. The van der Waals surface area contributed by atoms with Crippen LogP contribution in [0.5, 0.6) is 17.2 Å². The first-order valence-electron chi connectivity index (χ1n) is 8.94. The Morgan fingerprint density at radius 3 is 2.43 bits per heavy atom. The Kier molecular flexibility index (Phi) is 5.44. The van der Waals surface area contributed by atoms with E-state index in [0.717, 1.165) is 16.7 Å². The molecule has 1 atom stereocenters. The van der Waals surface area contributed by atoms with Gasteiger partial charge in [-0.3, -0.25) is 9.59 Å². The standard InChI is InChI=1S/C21H24N2O5/c1-11(24)23-16-8-5-12-9-18(26-2)20(27-3)21(28-4)19(12)13-6-7-15(22)17(25)10-14(13)16/h6-7,9-10,16H,5,8H2,1-4H3,(H2,22,25)(H,23,24)/t16-/m1/s1. The molecular formula is C21H24N2O5. The molecule has 0 spiro atoms. The van der Waals surface area contributed by atoms with Gasteiger partial charge >= 0.3 is 0 Å². The van der Waals surface area contributed by atoms with Gasteiger partial charge in [0.2, 0.25) is 17.1 Å². The smallest absolute Gasteiger partial charge is 0.217 e. The van der Waals surface area contributed by atoms with Gasteiger partial charge in [0, 0.05) is 12.5 Å². The third kappa shape index (κ3) is 3.35. The van der Waals surface area contributed by atoms with Gasteiger partial charge in [-0.2, -0.15) is 0 Å². The summed E-state index contributed by atoms with van der Waals surface area (Å²) in [6.07, 6.45) is 1.26. The van der Waals surface area contributed by atoms with Crippen molar-refractivity contribution in [3.63, 3.8) is 0 Å². The van der Waals surface area contributed by atoms with E-state index in [1.165, 1.54) is 13.0 Å². The molecule has 1 aliphatic carbocycles. The zero-order valence-electron chi connectivity index (χ0n) is 16.4. The number of amides is 1. The van der Waals surface area contributed by atoms with Gasteiger partial charge in [0.05, 0.1) is 33.1 Å². The van der Waals surface area contributed by atoms with E-state index in [0.29, 0.717) is 35.7 Å². The van der Waals surface area contributed by atoms with Crippen LogP contribution in [0.1, 0.15) is 30.5 Å². The van der Waals surface area contributed by atoms with Crippen molar-refractivity contribution in [2.24, 2.45) is 0 Å². The highest BCUT2D eigenvalue weighted by Gasteiger charge is 2.29. The Hall–Kier alpha value is -3.22. The van der Waals surface area contributed by atoms with E-state index in [2.05, 4.69) is 5.32 Å². The van der Waals surface area contributed by atoms with Crippen LogP contribution in [-0.4, -0.2) is 27.2 Å². The Bertz CT molecular complexity index is 987. The van der Waals surface area contributed by atoms with Crippen LogP contribution in [0, 0.1) is 0 Å². The Morgan fingerprint density at radius 2 is 1.82 bits per heavy atom. The maximum Gasteiger partial charge on any atom is 0.217 e. The minimum absolute atomic E-state index is 0.135. The number of anilines is 1. The molecule has 0 heterocycles. The van der Waals surface area contributed by atoms with Crippen molar-refractivity contribution >= 4 is 11.6 Å². The normalized spacial score (nSPS) is 14.9. The number of nitrogens with one attached hydrogen (secondary N) is 1. The quantitative estimate of drug-likeness (QED) is 0.840. The first-order chi connectivity index (χ1) is 13.4. The number of carbonyl (C=O) groups excluding carboxylic acids is 1. The summed E-state index contributed by atoms with van der Waals surface area (Å²) in [4.78, 5) is 24.2. The molecule has 0 unspecified atom stereocenters. The summed E-state index contributed by atoms with van der Waals surface area (Å²) in [6, 6.07) is 6.44. The minimum Gasteiger partial charge on any atom is -0.493 e. The maximum absolute atomic E-state index is 12.4. The molecule has 0 aliphatic heterocycles. The van der Waals surface area contributed by atoms with Crippen LogP contribution in [0.3, 0.4) is 0 Å². The summed E-state index contributed by atoms with van der Waals surface area (Å²) in [7, 11) is 4.67. The van der Waals surface area contributed by atoms with E-state index in [9.17, 15) is 9.59 Å². The fourth-order valence-corrected chi connectivity index (χ4v) is 3.72. The van der Waals surface area contributed by atoms with Crippen LogP contribution < -0.4 is 30.7 Å². The van der Waals surface area contributed by atoms with Gasteiger partial charge in [0.1, 0.15) is 0 Å². The third-order valence-corrected chi connectivity index (χ3v) is 4.95. The van der Waals surface area contributed by atoms with Crippen LogP contribution >= 0.6 is 0 Å². The fourth-order valence-electron chi connectivity index (χ4n) is 3.72. The molecule has 148 valence electrons. The van der Waals surface area contributed by atoms with Gasteiger partial charge in [-0.05, 0) is 47.7 Å². The highest BCUT2D eigenvalue weighted by molar-refractivity contribution is 5.83. The molecule has 7 nitrogen and oxygen atoms in total. The van der Waals surface area contributed by atoms with E-state index < -0.39 is 0 Å². The van der Waals surface area contributed by atoms with Crippen LogP contribution in [0.4, 0.5) is 5.69 Å². The third-order valence-electron chi connectivity index (χ3n) is 4.95. The summed E-state index contributed by atoms with van der Waals surface area (Å²) in [5.41, 5.74) is 8.95. The number of nitrogens with two attached hydrogens (primary N) is 1. The second-order valence-corrected chi connectivity index (χ2v) is 6.64. The lowest BCUT2D eigenvalue weighted by molar-refractivity contribution is -0.119. The van der Waals surface area contributed by atoms with Crippen molar-refractivity contribution in [3.05, 3.63) is 45.6 Å². The van der Waals surface area contributed by atoms with Gasteiger partial charge in [0.15, 0.2) is 11.5 Å². The summed E-state index contributed by atoms with van der Waals surface area (Å²) in [5.74, 6) is 1.37. The summed E-state index contributed by atoms with van der Waals surface area (Å²) >= 11 is 0. The van der Waals surface area contributed by atoms with Crippen molar-refractivity contribution < 1.29 is 19.0 Å². The predicted octanol–water partition coefficient (Wildman–Crippen LogP) is 2.45. The second-order valence-electron chi connectivity index (χ2n) is 6.64. The number of fused-ring (bicyclic) bond motifs is 3. The number of ether oxygens (including phenoxy) is 3. The molecule has 0 fully saturated rings. The van der Waals surface area contributed by atoms with E-state index in [1.54, 1.807) is 33.5 Å². The summed E-state index contributed by atoms with van der Waals surface area (Å²) in [6.45, 7) is 1.46. The van der Waals surface area contributed by atoms with Crippen molar-refractivity contribution in [1.29, 1.82) is 0 Å². The highest BCUT2D eigenvalue weighted by atomic mass is 16.5. The topological polar surface area (TPSA) is 99.9 Å².